The summed E-state index contributed by atoms with van der Waals surface area (Å²) in [6, 6.07) is 11.2. The average molecular weight is 353 g/mol. The number of benzene rings is 2. The summed E-state index contributed by atoms with van der Waals surface area (Å²) in [6.45, 7) is 0. The number of methoxy groups -OCH3 is 1. The summed E-state index contributed by atoms with van der Waals surface area (Å²) in [5.74, 6) is 1.11. The third-order valence-corrected chi connectivity index (χ3v) is 4.02. The molecule has 0 spiro atoms. The Kier molecular flexibility index (Phi) is 3.31. The fraction of sp³-hybridized carbons (Fsp3) is 0.0714. The molecular formula is C14H11BrClN3O. The smallest absolute Gasteiger partial charge is 0.206 e. The van der Waals surface area contributed by atoms with Gasteiger partial charge >= 0.3 is 0 Å². The zero-order chi connectivity index (χ0) is 14.3. The first-order valence-corrected chi connectivity index (χ1v) is 7.05. The zero-order valence-corrected chi connectivity index (χ0v) is 12.9. The van der Waals surface area contributed by atoms with Crippen LogP contribution in [0.4, 0.5) is 5.95 Å². The number of anilines is 1. The van der Waals surface area contributed by atoms with Crippen LogP contribution < -0.4 is 10.5 Å². The molecule has 3 aromatic rings. The van der Waals surface area contributed by atoms with Crippen LogP contribution >= 0.6 is 27.5 Å². The van der Waals surface area contributed by atoms with Gasteiger partial charge in [0.25, 0.3) is 0 Å². The van der Waals surface area contributed by atoms with Crippen LogP contribution in [0.25, 0.3) is 16.7 Å². The molecule has 0 aliphatic heterocycles. The number of fused-ring (bicyclic) bond motifs is 1. The number of nitrogens with two attached hydrogens (primary N) is 1. The number of aromatic nitrogens is 2. The van der Waals surface area contributed by atoms with Crippen molar-refractivity contribution in [2.45, 2.75) is 0 Å². The van der Waals surface area contributed by atoms with Crippen molar-refractivity contribution in [3.8, 4) is 11.4 Å². The second kappa shape index (κ2) is 5.00. The lowest BCUT2D eigenvalue weighted by Crippen LogP contribution is -2.02. The highest BCUT2D eigenvalue weighted by molar-refractivity contribution is 9.10. The first kappa shape index (κ1) is 13.3. The van der Waals surface area contributed by atoms with Crippen LogP contribution in [0.15, 0.2) is 40.9 Å². The highest BCUT2D eigenvalue weighted by atomic mass is 79.9. The average Bonchev–Trinajstić information content (AvgIpc) is 2.77. The maximum Gasteiger partial charge on any atom is 0.206 e. The topological polar surface area (TPSA) is 53.1 Å². The third-order valence-electron chi connectivity index (χ3n) is 3.05. The molecule has 2 aromatic carbocycles. The number of imidazole rings is 1. The quantitative estimate of drug-likeness (QED) is 0.757. The van der Waals surface area contributed by atoms with Crippen molar-refractivity contribution in [3.05, 3.63) is 45.9 Å². The van der Waals surface area contributed by atoms with Gasteiger partial charge in [-0.15, -0.1) is 0 Å². The minimum atomic E-state index is 0.377. The van der Waals surface area contributed by atoms with E-state index < -0.39 is 0 Å². The Morgan fingerprint density at radius 2 is 2.10 bits per heavy atom. The lowest BCUT2D eigenvalue weighted by atomic mass is 10.2. The van der Waals surface area contributed by atoms with E-state index in [0.29, 0.717) is 11.0 Å². The largest absolute Gasteiger partial charge is 0.497 e. The van der Waals surface area contributed by atoms with Gasteiger partial charge in [0.15, 0.2) is 0 Å². The summed E-state index contributed by atoms with van der Waals surface area (Å²) in [7, 11) is 1.62. The standard InChI is InChI=1S/C14H11BrClN3O/c1-20-8-5-6-9(15)12(7-8)19-13-10(16)3-2-4-11(13)18-14(19)17/h2-7H,1H3,(H2,17,18). The van der Waals surface area contributed by atoms with E-state index in [0.717, 1.165) is 26.9 Å². The second-order valence-corrected chi connectivity index (χ2v) is 5.49. The normalized spacial score (nSPS) is 10.9. The molecule has 20 heavy (non-hydrogen) atoms. The number of nitrogen functional groups attached to an aromatic ring is 1. The van der Waals surface area contributed by atoms with Gasteiger partial charge in [0.1, 0.15) is 5.75 Å². The lowest BCUT2D eigenvalue weighted by molar-refractivity contribution is 0.414. The molecule has 0 saturated carbocycles. The predicted molar refractivity (Wildman–Crippen MR) is 84.7 cm³/mol. The molecule has 1 aromatic heterocycles. The molecule has 6 heteroatoms. The summed E-state index contributed by atoms with van der Waals surface area (Å²) < 4.78 is 7.95. The van der Waals surface area contributed by atoms with Gasteiger partial charge < -0.3 is 10.5 Å². The molecule has 0 amide bonds. The van der Waals surface area contributed by atoms with Crippen LogP contribution in [0.1, 0.15) is 0 Å². The van der Waals surface area contributed by atoms with E-state index >= 15 is 0 Å². The highest BCUT2D eigenvalue weighted by Crippen LogP contribution is 2.33. The molecule has 2 N–H and O–H groups in total. The molecule has 0 aliphatic rings. The van der Waals surface area contributed by atoms with Crippen LogP contribution in [0.5, 0.6) is 5.75 Å². The van der Waals surface area contributed by atoms with Crippen LogP contribution in [0, 0.1) is 0 Å². The van der Waals surface area contributed by atoms with Crippen LogP contribution in [0.3, 0.4) is 0 Å². The molecule has 102 valence electrons. The van der Waals surface area contributed by atoms with Crippen molar-refractivity contribution < 1.29 is 4.74 Å². The minimum Gasteiger partial charge on any atom is -0.497 e. The molecular weight excluding hydrogens is 342 g/mol. The fourth-order valence-corrected chi connectivity index (χ4v) is 2.82. The maximum atomic E-state index is 6.29. The summed E-state index contributed by atoms with van der Waals surface area (Å²) in [4.78, 5) is 4.34. The molecule has 0 bridgehead atoms. The summed E-state index contributed by atoms with van der Waals surface area (Å²) >= 11 is 9.81. The third kappa shape index (κ3) is 2.03. The Balaban J connectivity index is 2.37. The SMILES string of the molecule is COc1ccc(Br)c(-n2c(N)nc3cccc(Cl)c32)c1. The van der Waals surface area contributed by atoms with Crippen LogP contribution in [0.2, 0.25) is 5.02 Å². The summed E-state index contributed by atoms with van der Waals surface area (Å²) in [5, 5.41) is 0.599. The van der Waals surface area contributed by atoms with Crippen molar-refractivity contribution >= 4 is 44.5 Å². The maximum absolute atomic E-state index is 6.29. The van der Waals surface area contributed by atoms with Gasteiger partial charge in [-0.25, -0.2) is 4.98 Å². The number of hydrogen-bond acceptors (Lipinski definition) is 3. The van der Waals surface area contributed by atoms with Crippen LogP contribution in [-0.4, -0.2) is 16.7 Å². The molecule has 3 rings (SSSR count). The Morgan fingerprint density at radius 1 is 1.30 bits per heavy atom. The number of rotatable bonds is 2. The summed E-state index contributed by atoms with van der Waals surface area (Å²) in [5.41, 5.74) is 8.41. The number of nitrogens with zero attached hydrogens (tertiary/aromatic N) is 2. The van der Waals surface area contributed by atoms with E-state index in [-0.39, 0.29) is 0 Å². The monoisotopic (exact) mass is 351 g/mol. The Hall–Kier alpha value is -1.72. The van der Waals surface area contributed by atoms with Gasteiger partial charge in [0.2, 0.25) is 5.95 Å². The summed E-state index contributed by atoms with van der Waals surface area (Å²) in [6.07, 6.45) is 0. The Bertz CT molecular complexity index is 800. The van der Waals surface area contributed by atoms with Gasteiger partial charge in [0, 0.05) is 10.5 Å². The van der Waals surface area contributed by atoms with E-state index in [1.165, 1.54) is 0 Å². The molecule has 0 radical (unpaired) electrons. The highest BCUT2D eigenvalue weighted by Gasteiger charge is 2.15. The Morgan fingerprint density at radius 3 is 2.85 bits per heavy atom. The molecule has 0 saturated heterocycles. The van der Waals surface area contributed by atoms with Crippen molar-refractivity contribution in [1.82, 2.24) is 9.55 Å². The second-order valence-electron chi connectivity index (χ2n) is 4.23. The van der Waals surface area contributed by atoms with Gasteiger partial charge in [-0.3, -0.25) is 4.57 Å². The van der Waals surface area contributed by atoms with Gasteiger partial charge in [0.05, 0.1) is 28.9 Å². The van der Waals surface area contributed by atoms with E-state index in [1.807, 2.05) is 41.0 Å². The van der Waals surface area contributed by atoms with Gasteiger partial charge in [-0.05, 0) is 40.2 Å². The number of para-hydroxylation sites is 1. The zero-order valence-electron chi connectivity index (χ0n) is 10.6. The molecule has 0 unspecified atom stereocenters. The first-order chi connectivity index (χ1) is 9.61. The minimum absolute atomic E-state index is 0.377. The lowest BCUT2D eigenvalue weighted by Gasteiger charge is -2.11. The molecule has 0 atom stereocenters. The van der Waals surface area contributed by atoms with Gasteiger partial charge in [-0.2, -0.15) is 0 Å². The van der Waals surface area contributed by atoms with Gasteiger partial charge in [-0.1, -0.05) is 17.7 Å². The number of hydrogen-bond donors (Lipinski definition) is 1. The molecule has 0 fully saturated rings. The van der Waals surface area contributed by atoms with E-state index in [9.17, 15) is 0 Å². The van der Waals surface area contributed by atoms with Crippen molar-refractivity contribution in [3.63, 3.8) is 0 Å². The molecule has 1 heterocycles. The number of ether oxygens (including phenoxy) is 1. The first-order valence-electron chi connectivity index (χ1n) is 5.88. The van der Waals surface area contributed by atoms with Crippen molar-refractivity contribution in [2.24, 2.45) is 0 Å². The van der Waals surface area contributed by atoms with E-state index in [1.54, 1.807) is 7.11 Å². The molecule has 0 aliphatic carbocycles. The predicted octanol–water partition coefficient (Wildman–Crippen LogP) is 4.03. The van der Waals surface area contributed by atoms with Crippen molar-refractivity contribution in [2.75, 3.05) is 12.8 Å². The fourth-order valence-electron chi connectivity index (χ4n) is 2.14. The molecule has 4 nitrogen and oxygen atoms in total. The number of halogens is 2. The van der Waals surface area contributed by atoms with Crippen LogP contribution in [-0.2, 0) is 0 Å². The van der Waals surface area contributed by atoms with E-state index in [4.69, 9.17) is 22.1 Å². The van der Waals surface area contributed by atoms with Crippen molar-refractivity contribution in [1.29, 1.82) is 0 Å². The van der Waals surface area contributed by atoms with E-state index in [2.05, 4.69) is 20.9 Å². The Labute approximate surface area is 129 Å².